The van der Waals surface area contributed by atoms with Crippen LogP contribution in [0.5, 0.6) is 11.5 Å². The van der Waals surface area contributed by atoms with Crippen LogP contribution in [0.1, 0.15) is 48.5 Å². The van der Waals surface area contributed by atoms with Gasteiger partial charge in [-0.05, 0) is 54.8 Å². The van der Waals surface area contributed by atoms with Gasteiger partial charge < -0.3 is 14.4 Å². The van der Waals surface area contributed by atoms with Gasteiger partial charge in [-0.15, -0.1) is 6.58 Å². The van der Waals surface area contributed by atoms with Crippen molar-refractivity contribution in [2.24, 2.45) is 5.41 Å². The van der Waals surface area contributed by atoms with Crippen LogP contribution in [0.15, 0.2) is 73.4 Å². The second-order valence-corrected chi connectivity index (χ2v) is 10.2. The summed E-state index contributed by atoms with van der Waals surface area (Å²) in [4.78, 5) is 20.8. The molecule has 188 valence electrons. The molecule has 1 aliphatic rings. The molecule has 36 heavy (non-hydrogen) atoms. The number of rotatable bonds is 8. The molecule has 2 aromatic carbocycles. The zero-order valence-electron chi connectivity index (χ0n) is 20.7. The number of piperidine rings is 1. The highest BCUT2D eigenvalue weighted by Gasteiger charge is 2.49. The normalized spacial score (nSPS) is 21.8. The standard InChI is InChI=1S/C29H30Cl2N2O3/c1-5-13-29(2)16-24(19-7-6-8-21(30)14-19)27(25-12-10-22(31)17-32-25)33(28(29)34)18-20-9-11-23(35-3)15-26(20)36-4/h5-12,14-15,17,24,27H,1,13,16,18H2,2-4H3/t24-,27+,29+/m1/s1. The van der Waals surface area contributed by atoms with Gasteiger partial charge >= 0.3 is 0 Å². The molecule has 0 radical (unpaired) electrons. The van der Waals surface area contributed by atoms with E-state index in [-0.39, 0.29) is 17.9 Å². The molecule has 2 heterocycles. The van der Waals surface area contributed by atoms with Gasteiger partial charge in [0.25, 0.3) is 0 Å². The van der Waals surface area contributed by atoms with Crippen LogP contribution < -0.4 is 9.47 Å². The van der Waals surface area contributed by atoms with E-state index in [9.17, 15) is 4.79 Å². The average Bonchev–Trinajstić information content (AvgIpc) is 2.87. The number of carbonyl (C=O) groups excluding carboxylic acids is 1. The van der Waals surface area contributed by atoms with Crippen molar-refractivity contribution in [2.75, 3.05) is 14.2 Å². The Morgan fingerprint density at radius 1 is 1.11 bits per heavy atom. The van der Waals surface area contributed by atoms with Gasteiger partial charge in [0.05, 0.1) is 42.9 Å². The Hall–Kier alpha value is -3.02. The van der Waals surface area contributed by atoms with Crippen LogP contribution in [0.3, 0.4) is 0 Å². The fourth-order valence-electron chi connectivity index (χ4n) is 5.17. The lowest BCUT2D eigenvalue weighted by Gasteiger charge is -2.49. The number of halogens is 2. The molecule has 1 aliphatic heterocycles. The number of amides is 1. The quantitative estimate of drug-likeness (QED) is 0.291. The molecule has 0 N–H and O–H groups in total. The lowest BCUT2D eigenvalue weighted by atomic mass is 9.68. The minimum absolute atomic E-state index is 0.0419. The zero-order chi connectivity index (χ0) is 25.9. The number of carbonyl (C=O) groups is 1. The molecule has 1 fully saturated rings. The molecule has 1 amide bonds. The van der Waals surface area contributed by atoms with Crippen LogP contribution >= 0.6 is 23.2 Å². The molecule has 5 nitrogen and oxygen atoms in total. The topological polar surface area (TPSA) is 51.7 Å². The Morgan fingerprint density at radius 2 is 1.92 bits per heavy atom. The van der Waals surface area contributed by atoms with Crippen molar-refractivity contribution in [3.63, 3.8) is 0 Å². The van der Waals surface area contributed by atoms with E-state index >= 15 is 0 Å². The third-order valence-corrected chi connectivity index (χ3v) is 7.38. The molecule has 0 bridgehead atoms. The first kappa shape index (κ1) is 26.1. The highest BCUT2D eigenvalue weighted by Crippen LogP contribution is 2.51. The Balaban J connectivity index is 1.88. The maximum Gasteiger partial charge on any atom is 0.229 e. The first-order valence-corrected chi connectivity index (χ1v) is 12.5. The van der Waals surface area contributed by atoms with Crippen LogP contribution in [-0.4, -0.2) is 30.0 Å². The summed E-state index contributed by atoms with van der Waals surface area (Å²) in [5.41, 5.74) is 2.06. The number of nitrogens with zero attached hydrogens (tertiary/aromatic N) is 2. The van der Waals surface area contributed by atoms with Crippen molar-refractivity contribution in [3.8, 4) is 11.5 Å². The van der Waals surface area contributed by atoms with Crippen molar-refractivity contribution in [3.05, 3.63) is 100 Å². The summed E-state index contributed by atoms with van der Waals surface area (Å²) in [5.74, 6) is 1.33. The molecule has 3 aromatic rings. The van der Waals surface area contributed by atoms with E-state index in [2.05, 4.69) is 17.6 Å². The monoisotopic (exact) mass is 524 g/mol. The predicted octanol–water partition coefficient (Wildman–Crippen LogP) is 7.25. The fraction of sp³-hybridized carbons (Fsp3) is 0.310. The Kier molecular flexibility index (Phi) is 7.91. The molecule has 3 atom stereocenters. The van der Waals surface area contributed by atoms with Crippen molar-refractivity contribution in [1.82, 2.24) is 9.88 Å². The van der Waals surface area contributed by atoms with Gasteiger partial charge in [-0.1, -0.05) is 48.3 Å². The first-order valence-electron chi connectivity index (χ1n) is 11.8. The summed E-state index contributed by atoms with van der Waals surface area (Å²) in [7, 11) is 3.23. The summed E-state index contributed by atoms with van der Waals surface area (Å²) < 4.78 is 11.0. The van der Waals surface area contributed by atoms with E-state index in [0.717, 1.165) is 16.8 Å². The fourth-order valence-corrected chi connectivity index (χ4v) is 5.48. The van der Waals surface area contributed by atoms with E-state index < -0.39 is 5.41 Å². The molecule has 0 spiro atoms. The number of hydrogen-bond acceptors (Lipinski definition) is 4. The van der Waals surface area contributed by atoms with Gasteiger partial charge in [0, 0.05) is 28.8 Å². The molecule has 7 heteroatoms. The van der Waals surface area contributed by atoms with E-state index in [4.69, 9.17) is 32.7 Å². The third-order valence-electron chi connectivity index (χ3n) is 6.92. The zero-order valence-corrected chi connectivity index (χ0v) is 22.2. The van der Waals surface area contributed by atoms with Gasteiger partial charge in [-0.25, -0.2) is 0 Å². The van der Waals surface area contributed by atoms with Crippen LogP contribution in [-0.2, 0) is 11.3 Å². The van der Waals surface area contributed by atoms with Crippen molar-refractivity contribution in [1.29, 1.82) is 0 Å². The van der Waals surface area contributed by atoms with Crippen LogP contribution in [0, 0.1) is 5.41 Å². The summed E-state index contributed by atoms with van der Waals surface area (Å²) in [6.07, 6.45) is 4.63. The molecule has 0 aliphatic carbocycles. The number of ether oxygens (including phenoxy) is 2. The Bertz CT molecular complexity index is 1250. The summed E-state index contributed by atoms with van der Waals surface area (Å²) >= 11 is 12.6. The molecule has 0 saturated carbocycles. The molecule has 4 rings (SSSR count). The summed E-state index contributed by atoms with van der Waals surface area (Å²) in [6.45, 7) is 6.29. The number of allylic oxidation sites excluding steroid dienone is 1. The number of likely N-dealkylation sites (tertiary alicyclic amines) is 1. The molecule has 1 saturated heterocycles. The maximum absolute atomic E-state index is 14.2. The second-order valence-electron chi connectivity index (χ2n) is 9.38. The van der Waals surface area contributed by atoms with Crippen molar-refractivity contribution < 1.29 is 14.3 Å². The minimum Gasteiger partial charge on any atom is -0.497 e. The predicted molar refractivity (Wildman–Crippen MR) is 144 cm³/mol. The maximum atomic E-state index is 14.2. The third kappa shape index (κ3) is 5.23. The van der Waals surface area contributed by atoms with Gasteiger partial charge in [0.2, 0.25) is 5.91 Å². The Labute approximate surface area is 222 Å². The average molecular weight is 525 g/mol. The highest BCUT2D eigenvalue weighted by atomic mass is 35.5. The van der Waals surface area contributed by atoms with E-state index in [1.807, 2.05) is 66.4 Å². The number of benzene rings is 2. The second kappa shape index (κ2) is 10.9. The molecular formula is C29H30Cl2N2O3. The van der Waals surface area contributed by atoms with Crippen molar-refractivity contribution >= 4 is 29.1 Å². The van der Waals surface area contributed by atoms with Crippen LogP contribution in [0.4, 0.5) is 0 Å². The van der Waals surface area contributed by atoms with E-state index in [1.54, 1.807) is 20.4 Å². The molecule has 0 unspecified atom stereocenters. The van der Waals surface area contributed by atoms with Crippen molar-refractivity contribution in [2.45, 2.75) is 38.3 Å². The minimum atomic E-state index is -0.642. The smallest absolute Gasteiger partial charge is 0.229 e. The van der Waals surface area contributed by atoms with Gasteiger partial charge in [-0.2, -0.15) is 0 Å². The molecular weight excluding hydrogens is 495 g/mol. The first-order chi connectivity index (χ1) is 17.3. The summed E-state index contributed by atoms with van der Waals surface area (Å²) in [6, 6.07) is 16.9. The highest BCUT2D eigenvalue weighted by molar-refractivity contribution is 6.30. The van der Waals surface area contributed by atoms with Gasteiger partial charge in [-0.3, -0.25) is 9.78 Å². The number of aromatic nitrogens is 1. The lowest BCUT2D eigenvalue weighted by Crippen LogP contribution is -2.51. The lowest BCUT2D eigenvalue weighted by molar-refractivity contribution is -0.151. The van der Waals surface area contributed by atoms with E-state index in [1.165, 1.54) is 0 Å². The Morgan fingerprint density at radius 3 is 2.56 bits per heavy atom. The van der Waals surface area contributed by atoms with Crippen LogP contribution in [0.2, 0.25) is 10.0 Å². The largest absolute Gasteiger partial charge is 0.497 e. The van der Waals surface area contributed by atoms with Gasteiger partial charge in [0.15, 0.2) is 0 Å². The van der Waals surface area contributed by atoms with E-state index in [0.29, 0.717) is 40.9 Å². The molecule has 1 aromatic heterocycles. The summed E-state index contributed by atoms with van der Waals surface area (Å²) in [5, 5.41) is 1.20. The number of hydrogen-bond donors (Lipinski definition) is 0. The number of pyridine rings is 1. The SMILES string of the molecule is C=CC[C@@]1(C)C[C@H](c2cccc(Cl)c2)[C@@H](c2ccc(Cl)cn2)N(Cc2ccc(OC)cc2OC)C1=O. The number of methoxy groups -OCH3 is 2. The van der Waals surface area contributed by atoms with Crippen LogP contribution in [0.25, 0.3) is 0 Å². The van der Waals surface area contributed by atoms with Gasteiger partial charge in [0.1, 0.15) is 11.5 Å².